The maximum absolute atomic E-state index is 5.35. The van der Waals surface area contributed by atoms with Crippen LogP contribution in [0.2, 0.25) is 0 Å². The lowest BCUT2D eigenvalue weighted by Crippen LogP contribution is -2.32. The highest BCUT2D eigenvalue weighted by Gasteiger charge is 2.50. The second kappa shape index (κ2) is 13.2. The van der Waals surface area contributed by atoms with Crippen LogP contribution in [0.1, 0.15) is 22.3 Å². The van der Waals surface area contributed by atoms with Crippen LogP contribution in [0.3, 0.4) is 0 Å². The molecule has 0 radical (unpaired) electrons. The maximum atomic E-state index is 5.35. The van der Waals surface area contributed by atoms with E-state index in [1.54, 1.807) is 0 Å². The van der Waals surface area contributed by atoms with Gasteiger partial charge < -0.3 is 0 Å². The van der Waals surface area contributed by atoms with E-state index >= 15 is 0 Å². The molecular formula is C53H34N2S. The molecule has 1 spiro atoms. The summed E-state index contributed by atoms with van der Waals surface area (Å²) >= 11 is 1.85. The second-order valence-corrected chi connectivity index (χ2v) is 15.6. The third kappa shape index (κ3) is 5.20. The Balaban J connectivity index is 1.10. The van der Waals surface area contributed by atoms with Gasteiger partial charge in [0.25, 0.3) is 0 Å². The highest BCUT2D eigenvalue weighted by atomic mass is 32.2. The number of aromatic nitrogens is 2. The summed E-state index contributed by atoms with van der Waals surface area (Å²) in [6.07, 6.45) is 0. The lowest BCUT2D eigenvalue weighted by molar-refractivity contribution is 0.722. The van der Waals surface area contributed by atoms with E-state index in [0.717, 1.165) is 28.1 Å². The minimum atomic E-state index is -0.471. The van der Waals surface area contributed by atoms with Gasteiger partial charge in [-0.2, -0.15) is 0 Å². The van der Waals surface area contributed by atoms with Crippen molar-refractivity contribution in [2.45, 2.75) is 15.2 Å². The highest BCUT2D eigenvalue weighted by Crippen LogP contribution is 2.62. The van der Waals surface area contributed by atoms with Crippen molar-refractivity contribution in [1.82, 2.24) is 9.97 Å². The highest BCUT2D eigenvalue weighted by molar-refractivity contribution is 7.99. The van der Waals surface area contributed by atoms with Crippen LogP contribution in [0.15, 0.2) is 216 Å². The first-order valence-corrected chi connectivity index (χ1v) is 19.9. The average molecular weight is 731 g/mol. The smallest absolute Gasteiger partial charge is 0.160 e. The van der Waals surface area contributed by atoms with Crippen molar-refractivity contribution in [2.24, 2.45) is 0 Å². The maximum Gasteiger partial charge on any atom is 0.160 e. The Bertz CT molecular complexity index is 2770. The fourth-order valence-corrected chi connectivity index (χ4v) is 9.97. The summed E-state index contributed by atoms with van der Waals surface area (Å²) < 4.78 is 0. The van der Waals surface area contributed by atoms with Gasteiger partial charge in [0.15, 0.2) is 5.82 Å². The van der Waals surface area contributed by atoms with Crippen molar-refractivity contribution >= 4 is 11.8 Å². The number of hydrogen-bond donors (Lipinski definition) is 0. The number of nitrogens with zero attached hydrogens (tertiary/aromatic N) is 2. The van der Waals surface area contributed by atoms with Gasteiger partial charge in [0.05, 0.1) is 16.8 Å². The molecule has 11 rings (SSSR count). The average Bonchev–Trinajstić information content (AvgIpc) is 3.57. The first-order valence-electron chi connectivity index (χ1n) is 19.1. The molecule has 262 valence electrons. The molecule has 0 atom stereocenters. The van der Waals surface area contributed by atoms with Gasteiger partial charge in [-0.3, -0.25) is 0 Å². The number of rotatable bonds is 5. The Morgan fingerprint density at radius 1 is 0.304 bits per heavy atom. The van der Waals surface area contributed by atoms with Crippen LogP contribution in [0, 0.1) is 0 Å². The van der Waals surface area contributed by atoms with Crippen LogP contribution in [-0.4, -0.2) is 9.97 Å². The zero-order valence-electron chi connectivity index (χ0n) is 30.4. The third-order valence-corrected chi connectivity index (χ3v) is 12.6. The topological polar surface area (TPSA) is 25.8 Å². The van der Waals surface area contributed by atoms with Crippen LogP contribution < -0.4 is 0 Å². The van der Waals surface area contributed by atoms with Crippen molar-refractivity contribution in [3.63, 3.8) is 0 Å². The molecule has 9 aromatic rings. The molecule has 0 unspecified atom stereocenters. The Hall–Kier alpha value is -6.81. The van der Waals surface area contributed by atoms with E-state index in [1.807, 2.05) is 11.8 Å². The Kier molecular flexibility index (Phi) is 7.68. The quantitative estimate of drug-likeness (QED) is 0.176. The van der Waals surface area contributed by atoms with Crippen LogP contribution >= 0.6 is 11.8 Å². The zero-order chi connectivity index (χ0) is 37.1. The normalized spacial score (nSPS) is 13.1. The minimum absolute atomic E-state index is 0.471. The van der Waals surface area contributed by atoms with Gasteiger partial charge in [-0.1, -0.05) is 194 Å². The summed E-state index contributed by atoms with van der Waals surface area (Å²) in [6, 6.07) is 74.3. The first kappa shape index (κ1) is 32.6. The Morgan fingerprint density at radius 2 is 0.714 bits per heavy atom. The summed E-state index contributed by atoms with van der Waals surface area (Å²) in [5.41, 5.74) is 17.0. The number of fused-ring (bicyclic) bond motifs is 9. The van der Waals surface area contributed by atoms with E-state index < -0.39 is 5.41 Å². The van der Waals surface area contributed by atoms with Crippen LogP contribution in [0.4, 0.5) is 0 Å². The van der Waals surface area contributed by atoms with Gasteiger partial charge in [0.1, 0.15) is 0 Å². The molecule has 1 aliphatic carbocycles. The van der Waals surface area contributed by atoms with Gasteiger partial charge in [-0.05, 0) is 79.9 Å². The molecular weight excluding hydrogens is 697 g/mol. The molecule has 0 amide bonds. The fourth-order valence-electron chi connectivity index (χ4n) is 8.80. The molecule has 3 heteroatoms. The molecule has 2 nitrogen and oxygen atoms in total. The molecule has 1 aliphatic heterocycles. The molecule has 2 heterocycles. The number of benzene rings is 8. The molecule has 1 aromatic heterocycles. The SMILES string of the molecule is c1ccc(-c2ccc(-c3cc(-c4ccc(-c5ccccc5)cc4)nc(-c4ccc5c(c4)C4(c6ccccc6S5)c5ccccc5-c5ccccc54)n3)cc2)cc1. The van der Waals surface area contributed by atoms with Crippen LogP contribution in [0.25, 0.3) is 67.3 Å². The largest absolute Gasteiger partial charge is 0.228 e. The zero-order valence-corrected chi connectivity index (χ0v) is 31.2. The summed E-state index contributed by atoms with van der Waals surface area (Å²) in [6.45, 7) is 0. The Morgan fingerprint density at radius 3 is 1.27 bits per heavy atom. The molecule has 0 fully saturated rings. The van der Waals surface area contributed by atoms with E-state index in [9.17, 15) is 0 Å². The third-order valence-electron chi connectivity index (χ3n) is 11.4. The predicted octanol–water partition coefficient (Wildman–Crippen LogP) is 13.6. The van der Waals surface area contributed by atoms with Crippen molar-refractivity contribution in [3.05, 3.63) is 229 Å². The van der Waals surface area contributed by atoms with E-state index in [0.29, 0.717) is 5.82 Å². The van der Waals surface area contributed by atoms with E-state index in [4.69, 9.17) is 9.97 Å². The predicted molar refractivity (Wildman–Crippen MR) is 231 cm³/mol. The molecule has 8 aromatic carbocycles. The fraction of sp³-hybridized carbons (Fsp3) is 0.0189. The lowest BCUT2D eigenvalue weighted by atomic mass is 9.67. The molecule has 2 aliphatic rings. The lowest BCUT2D eigenvalue weighted by Gasteiger charge is -2.39. The van der Waals surface area contributed by atoms with Crippen LogP contribution in [-0.2, 0) is 5.41 Å². The van der Waals surface area contributed by atoms with E-state index in [2.05, 4.69) is 206 Å². The van der Waals surface area contributed by atoms with Gasteiger partial charge in [0.2, 0.25) is 0 Å². The standard InChI is InChI=1S/C53H34N2S/c1-3-13-35(14-4-1)37-23-27-39(28-24-37)48-34-49(40-29-25-38(26-30-40)36-15-5-2-6-16-36)55-52(54-48)41-31-32-51-47(33-41)53(46-21-11-12-22-50(46)56-51)44-19-9-7-17-42(44)43-18-8-10-20-45(43)53/h1-34H. The minimum Gasteiger partial charge on any atom is -0.228 e. The summed E-state index contributed by atoms with van der Waals surface area (Å²) in [7, 11) is 0. The van der Waals surface area contributed by atoms with Crippen LogP contribution in [0.5, 0.6) is 0 Å². The van der Waals surface area contributed by atoms with Crippen molar-refractivity contribution in [3.8, 4) is 67.3 Å². The summed E-state index contributed by atoms with van der Waals surface area (Å²) in [4.78, 5) is 13.2. The Labute approximate surface area is 331 Å². The monoisotopic (exact) mass is 730 g/mol. The molecule has 0 bridgehead atoms. The first-order chi connectivity index (χ1) is 27.7. The molecule has 56 heavy (non-hydrogen) atoms. The number of hydrogen-bond acceptors (Lipinski definition) is 3. The summed E-state index contributed by atoms with van der Waals surface area (Å²) in [5.74, 6) is 0.707. The van der Waals surface area contributed by atoms with Gasteiger partial charge >= 0.3 is 0 Å². The van der Waals surface area contributed by atoms with Crippen molar-refractivity contribution in [1.29, 1.82) is 0 Å². The van der Waals surface area contributed by atoms with Gasteiger partial charge in [-0.25, -0.2) is 9.97 Å². The van der Waals surface area contributed by atoms with Gasteiger partial charge in [0, 0.05) is 26.5 Å². The molecule has 0 saturated heterocycles. The van der Waals surface area contributed by atoms with Crippen molar-refractivity contribution < 1.29 is 0 Å². The van der Waals surface area contributed by atoms with Crippen molar-refractivity contribution in [2.75, 3.05) is 0 Å². The molecule has 0 saturated carbocycles. The second-order valence-electron chi connectivity index (χ2n) is 14.5. The van der Waals surface area contributed by atoms with Gasteiger partial charge in [-0.15, -0.1) is 0 Å². The van der Waals surface area contributed by atoms with E-state index in [-0.39, 0.29) is 0 Å². The van der Waals surface area contributed by atoms with E-state index in [1.165, 1.54) is 65.4 Å². The molecule has 0 N–H and O–H groups in total. The summed E-state index contributed by atoms with van der Waals surface area (Å²) in [5, 5.41) is 0.